The molecule has 0 saturated carbocycles. The van der Waals surface area contributed by atoms with Gasteiger partial charge < -0.3 is 26.6 Å². The quantitative estimate of drug-likeness (QED) is 0.121. The summed E-state index contributed by atoms with van der Waals surface area (Å²) in [5.74, 6) is -5.82. The molecule has 0 aliphatic heterocycles. The molecule has 14 heteroatoms. The predicted molar refractivity (Wildman–Crippen MR) is 182 cm³/mol. The molecule has 6 N–H and O–H groups in total. The molecule has 0 bridgehead atoms. The highest BCUT2D eigenvalue weighted by Gasteiger charge is 2.44. The topological polar surface area (TPSA) is 189 Å². The molecule has 3 rings (SSSR count). The minimum absolute atomic E-state index is 0.0326. The third kappa shape index (κ3) is 12.3. The highest BCUT2D eigenvalue weighted by molar-refractivity contribution is 6.00. The van der Waals surface area contributed by atoms with Gasteiger partial charge in [-0.2, -0.15) is 13.2 Å². The number of carbonyl (C=O) groups is 5. The molecule has 0 aliphatic carbocycles. The number of primary amides is 1. The summed E-state index contributed by atoms with van der Waals surface area (Å²) in [4.78, 5) is 68.9. The maximum atomic E-state index is 13.7. The number of aromatic hydroxyl groups is 1. The van der Waals surface area contributed by atoms with Crippen molar-refractivity contribution in [3.8, 4) is 16.9 Å². The molecule has 11 nitrogen and oxygen atoms in total. The number of amides is 3. The Morgan fingerprint density at radius 2 is 1.51 bits per heavy atom. The van der Waals surface area contributed by atoms with E-state index in [4.69, 9.17) is 5.73 Å². The van der Waals surface area contributed by atoms with E-state index < -0.39 is 79.0 Å². The normalized spacial score (nSPS) is 14.5. The molecule has 0 aliphatic rings. The molecule has 0 radical (unpaired) electrons. The number of Topliss-reactive ketones (excluding diaryl/α,β-unsaturated/α-hetero) is 2. The van der Waals surface area contributed by atoms with Gasteiger partial charge in [-0.15, -0.1) is 0 Å². The van der Waals surface area contributed by atoms with Gasteiger partial charge in [-0.05, 0) is 53.6 Å². The van der Waals surface area contributed by atoms with Crippen molar-refractivity contribution >= 4 is 29.3 Å². The van der Waals surface area contributed by atoms with Crippen LogP contribution in [0.3, 0.4) is 0 Å². The van der Waals surface area contributed by atoms with Crippen molar-refractivity contribution in [2.45, 2.75) is 77.2 Å². The second-order valence-corrected chi connectivity index (χ2v) is 12.9. The predicted octanol–water partition coefficient (Wildman–Crippen LogP) is 4.30. The van der Waals surface area contributed by atoms with E-state index in [9.17, 15) is 47.4 Å². The smallest absolute Gasteiger partial charge is 0.416 e. The molecule has 2 aromatic carbocycles. The van der Waals surface area contributed by atoms with Crippen LogP contribution in [0, 0.1) is 17.8 Å². The fourth-order valence-electron chi connectivity index (χ4n) is 5.42. The fraction of sp³-hybridized carbons (Fsp3) is 0.405. The monoisotopic (exact) mass is 712 g/mol. The van der Waals surface area contributed by atoms with E-state index >= 15 is 0 Å². The van der Waals surface area contributed by atoms with Crippen LogP contribution >= 0.6 is 0 Å². The van der Waals surface area contributed by atoms with E-state index in [1.165, 1.54) is 19.1 Å². The number of pyridine rings is 1. The molecule has 0 fully saturated rings. The summed E-state index contributed by atoms with van der Waals surface area (Å²) in [6.07, 6.45) is -6.60. The highest BCUT2D eigenvalue weighted by atomic mass is 19.4. The molecule has 3 aromatic rings. The van der Waals surface area contributed by atoms with E-state index in [2.05, 4.69) is 15.6 Å². The van der Waals surface area contributed by atoms with Crippen molar-refractivity contribution in [1.29, 1.82) is 0 Å². The van der Waals surface area contributed by atoms with Crippen molar-refractivity contribution in [2.24, 2.45) is 23.5 Å². The first-order chi connectivity index (χ1) is 24.0. The van der Waals surface area contributed by atoms with Crippen LogP contribution in [0.15, 0.2) is 73.1 Å². The number of phenols is 1. The molecule has 5 atom stereocenters. The molecular formula is C37H43F3N4O7. The maximum absolute atomic E-state index is 13.7. The van der Waals surface area contributed by atoms with Crippen LogP contribution in [-0.2, 0) is 25.6 Å². The number of phenolic OH excluding ortho intramolecular Hbond substituents is 1. The molecular weight excluding hydrogens is 669 g/mol. The number of alkyl halides is 3. The Kier molecular flexibility index (Phi) is 14.4. The Labute approximate surface area is 293 Å². The van der Waals surface area contributed by atoms with Crippen LogP contribution in [-0.4, -0.2) is 68.8 Å². The number of rotatable bonds is 18. The number of hydrogen-bond acceptors (Lipinski definition) is 8. The van der Waals surface area contributed by atoms with Crippen molar-refractivity contribution in [3.63, 3.8) is 0 Å². The number of benzene rings is 2. The lowest BCUT2D eigenvalue weighted by Gasteiger charge is -2.27. The zero-order valence-electron chi connectivity index (χ0n) is 28.5. The Bertz CT molecular complexity index is 1650. The van der Waals surface area contributed by atoms with Crippen molar-refractivity contribution < 1.29 is 47.4 Å². The minimum Gasteiger partial charge on any atom is -0.508 e. The van der Waals surface area contributed by atoms with Gasteiger partial charge in [0.2, 0.25) is 17.7 Å². The zero-order chi connectivity index (χ0) is 37.9. The van der Waals surface area contributed by atoms with Crippen molar-refractivity contribution in [2.75, 3.05) is 0 Å². The number of aliphatic hydroxyl groups excluding tert-OH is 1. The van der Waals surface area contributed by atoms with E-state index in [1.54, 1.807) is 68.7 Å². The van der Waals surface area contributed by atoms with Crippen molar-refractivity contribution in [1.82, 2.24) is 15.6 Å². The molecule has 0 spiro atoms. The first-order valence-electron chi connectivity index (χ1n) is 16.4. The third-order valence-electron chi connectivity index (χ3n) is 8.53. The lowest BCUT2D eigenvalue weighted by molar-refractivity contribution is -0.213. The maximum Gasteiger partial charge on any atom is 0.416 e. The molecule has 3 amide bonds. The first kappa shape index (κ1) is 40.3. The van der Waals surface area contributed by atoms with Gasteiger partial charge in [-0.3, -0.25) is 29.0 Å². The number of aliphatic hydroxyl groups is 1. The lowest BCUT2D eigenvalue weighted by atomic mass is 9.87. The summed E-state index contributed by atoms with van der Waals surface area (Å²) in [5.41, 5.74) is 7.71. The van der Waals surface area contributed by atoms with E-state index in [0.717, 1.165) is 11.1 Å². The first-order valence-corrected chi connectivity index (χ1v) is 16.4. The summed E-state index contributed by atoms with van der Waals surface area (Å²) in [6.45, 7) is 4.82. The lowest BCUT2D eigenvalue weighted by Crippen LogP contribution is -2.52. The van der Waals surface area contributed by atoms with Crippen LogP contribution in [0.25, 0.3) is 11.1 Å². The van der Waals surface area contributed by atoms with E-state index in [0.29, 0.717) is 11.1 Å². The number of hydrogen-bond donors (Lipinski definition) is 5. The number of aromatic nitrogens is 1. The van der Waals surface area contributed by atoms with E-state index in [1.807, 2.05) is 6.07 Å². The Morgan fingerprint density at radius 3 is 2.06 bits per heavy atom. The van der Waals surface area contributed by atoms with Gasteiger partial charge in [0.1, 0.15) is 5.75 Å². The number of nitrogens with two attached hydrogens (primary N) is 1. The van der Waals surface area contributed by atoms with Crippen LogP contribution in [0.4, 0.5) is 13.2 Å². The Balaban J connectivity index is 1.76. The summed E-state index contributed by atoms with van der Waals surface area (Å²) >= 11 is 0. The van der Waals surface area contributed by atoms with Gasteiger partial charge in [0, 0.05) is 49.1 Å². The van der Waals surface area contributed by atoms with Gasteiger partial charge in [-0.1, -0.05) is 63.2 Å². The number of ketones is 2. The molecule has 274 valence electrons. The number of nitrogens with one attached hydrogen (secondary N) is 2. The van der Waals surface area contributed by atoms with Crippen molar-refractivity contribution in [3.05, 3.63) is 84.2 Å². The van der Waals surface area contributed by atoms with Gasteiger partial charge in [0.25, 0.3) is 0 Å². The highest BCUT2D eigenvalue weighted by Crippen LogP contribution is 2.26. The molecule has 1 heterocycles. The summed E-state index contributed by atoms with van der Waals surface area (Å²) in [5, 5.41) is 24.3. The number of halogens is 3. The fourth-order valence-corrected chi connectivity index (χ4v) is 5.42. The van der Waals surface area contributed by atoms with Crippen LogP contribution in [0.5, 0.6) is 5.75 Å². The molecule has 1 aromatic heterocycles. The Morgan fingerprint density at radius 1 is 0.863 bits per heavy atom. The SMILES string of the molecule is CC(C)[C@H](CC(=O)c1ccc(-c2cccnc2)cc1)C(=O)N[C@@H](Cc1ccc(O)cc1)C(=O)C[C@@H](C)C(=O)NC(CCC(N)=O)C(O)C(F)(F)F. The third-order valence-corrected chi connectivity index (χ3v) is 8.53. The van der Waals surface area contributed by atoms with Gasteiger partial charge in [-0.25, -0.2) is 0 Å². The van der Waals surface area contributed by atoms with Gasteiger partial charge in [0.05, 0.1) is 12.1 Å². The second-order valence-electron chi connectivity index (χ2n) is 12.9. The number of carbonyl (C=O) groups excluding carboxylic acids is 5. The van der Waals surface area contributed by atoms with Gasteiger partial charge in [0.15, 0.2) is 17.7 Å². The zero-order valence-corrected chi connectivity index (χ0v) is 28.5. The largest absolute Gasteiger partial charge is 0.508 e. The van der Waals surface area contributed by atoms with Gasteiger partial charge >= 0.3 is 6.18 Å². The average Bonchev–Trinajstić information content (AvgIpc) is 3.08. The Hall–Kier alpha value is -5.11. The second kappa shape index (κ2) is 18.2. The average molecular weight is 713 g/mol. The minimum atomic E-state index is -5.11. The summed E-state index contributed by atoms with van der Waals surface area (Å²) in [6, 6.07) is 13.3. The summed E-state index contributed by atoms with van der Waals surface area (Å²) in [7, 11) is 0. The molecule has 0 saturated heterocycles. The number of nitrogens with zero attached hydrogens (tertiary/aromatic N) is 1. The van der Waals surface area contributed by atoms with Crippen LogP contribution in [0.2, 0.25) is 0 Å². The molecule has 51 heavy (non-hydrogen) atoms. The standard InChI is InChI=1S/C37H43F3N4O7/c1-21(2)28(19-31(46)25-10-8-24(9-11-25)26-5-4-16-42-20-26)36(51)44-30(18-23-6-12-27(45)13-7-23)32(47)17-22(3)35(50)43-29(14-15-33(41)48)34(49)37(38,39)40/h4-13,16,20-22,28-30,34,45,49H,14-15,17-19H2,1-3H3,(H2,41,48)(H,43,50)(H,44,51)/t22-,28+,29?,30+,34?/m1/s1. The van der Waals surface area contributed by atoms with Crippen LogP contribution < -0.4 is 16.4 Å². The summed E-state index contributed by atoms with van der Waals surface area (Å²) < 4.78 is 39.8. The van der Waals surface area contributed by atoms with Crippen LogP contribution in [0.1, 0.15) is 62.4 Å². The molecule has 2 unspecified atom stereocenters. The van der Waals surface area contributed by atoms with E-state index in [-0.39, 0.29) is 30.3 Å².